The Morgan fingerprint density at radius 2 is 2.13 bits per heavy atom. The maximum atomic E-state index is 12.5. The Balaban J connectivity index is 0.000000311. The SMILES string of the molecule is CN/C(=N\[N+](=O)[O-])NCc1cnc(Cl)s1.N#CCNC(=O)c1cnccc1C(F)(F)F. The number of guanidine groups is 1. The highest BCUT2D eigenvalue weighted by Gasteiger charge is 2.35. The van der Waals surface area contributed by atoms with Crippen LogP contribution in [0.4, 0.5) is 13.2 Å². The molecule has 0 aromatic carbocycles. The molecule has 0 radical (unpaired) electrons. The summed E-state index contributed by atoms with van der Waals surface area (Å²) in [5.41, 5.74) is -1.66. The van der Waals surface area contributed by atoms with Crippen LogP contribution in [-0.2, 0) is 12.7 Å². The smallest absolute Gasteiger partial charge is 0.354 e. The van der Waals surface area contributed by atoms with Crippen LogP contribution >= 0.6 is 22.9 Å². The molecule has 0 bridgehead atoms. The number of halogens is 4. The highest BCUT2D eigenvalue weighted by molar-refractivity contribution is 7.15. The fourth-order valence-corrected chi connectivity index (χ4v) is 2.75. The molecule has 0 fully saturated rings. The molecule has 3 N–H and O–H groups in total. The number of alkyl halides is 3. The minimum Gasteiger partial charge on any atom is -0.354 e. The first-order valence-electron chi connectivity index (χ1n) is 7.99. The van der Waals surface area contributed by atoms with Crippen LogP contribution in [0.25, 0.3) is 0 Å². The van der Waals surface area contributed by atoms with E-state index in [-0.39, 0.29) is 12.5 Å². The normalized spacial score (nSPS) is 10.9. The molecule has 0 saturated carbocycles. The van der Waals surface area contributed by atoms with Crippen LogP contribution in [0.15, 0.2) is 29.8 Å². The van der Waals surface area contributed by atoms with Gasteiger partial charge in [-0.05, 0) is 6.07 Å². The van der Waals surface area contributed by atoms with Crippen LogP contribution in [0.3, 0.4) is 0 Å². The van der Waals surface area contributed by atoms with Crippen LogP contribution in [-0.4, -0.2) is 40.5 Å². The van der Waals surface area contributed by atoms with Gasteiger partial charge in [0, 0.05) is 30.5 Å². The third kappa shape index (κ3) is 9.23. The van der Waals surface area contributed by atoms with Gasteiger partial charge in [-0.2, -0.15) is 18.4 Å². The Morgan fingerprint density at radius 1 is 1.42 bits per heavy atom. The molecule has 2 aromatic rings. The average molecular weight is 479 g/mol. The first-order chi connectivity index (χ1) is 14.6. The van der Waals surface area contributed by atoms with E-state index in [4.69, 9.17) is 16.9 Å². The quantitative estimate of drug-likeness (QED) is 0.193. The van der Waals surface area contributed by atoms with Gasteiger partial charge >= 0.3 is 6.18 Å². The van der Waals surface area contributed by atoms with E-state index in [0.29, 0.717) is 17.1 Å². The van der Waals surface area contributed by atoms with Crippen LogP contribution in [0, 0.1) is 21.4 Å². The van der Waals surface area contributed by atoms with Gasteiger partial charge < -0.3 is 16.0 Å². The standard InChI is InChI=1S/C9H6F3N3O.C6H8ClN5O2S/c10-9(11,12)7-1-3-14-5-6(7)8(16)15-4-2-13;1-8-6(11-12(13)14)10-3-4-2-9-5(7)15-4/h1,3,5H,4H2,(H,15,16);2H,3H2,1H3,(H2,8,10,11). The fraction of sp³-hybridized carbons (Fsp3) is 0.267. The maximum Gasteiger partial charge on any atom is 0.417 e. The maximum absolute atomic E-state index is 12.5. The van der Waals surface area contributed by atoms with E-state index in [9.17, 15) is 28.1 Å². The molecule has 11 nitrogen and oxygen atoms in total. The number of nitriles is 1. The molecule has 166 valence electrons. The van der Waals surface area contributed by atoms with Crippen molar-refractivity contribution in [3.8, 4) is 6.07 Å². The molecule has 31 heavy (non-hydrogen) atoms. The van der Waals surface area contributed by atoms with Gasteiger partial charge in [0.15, 0.2) is 9.50 Å². The van der Waals surface area contributed by atoms with E-state index in [0.717, 1.165) is 17.3 Å². The van der Waals surface area contributed by atoms with Gasteiger partial charge in [-0.15, -0.1) is 11.3 Å². The van der Waals surface area contributed by atoms with Crippen molar-refractivity contribution in [2.45, 2.75) is 12.7 Å². The average Bonchev–Trinajstić information content (AvgIpc) is 3.14. The van der Waals surface area contributed by atoms with Crippen molar-refractivity contribution in [2.75, 3.05) is 13.6 Å². The number of hydrogen-bond donors (Lipinski definition) is 3. The molecule has 2 aromatic heterocycles. The molecule has 0 aliphatic heterocycles. The summed E-state index contributed by atoms with van der Waals surface area (Å²) in [5.74, 6) is -0.883. The Hall–Kier alpha value is -3.51. The van der Waals surface area contributed by atoms with Crippen molar-refractivity contribution in [1.82, 2.24) is 25.9 Å². The largest absolute Gasteiger partial charge is 0.417 e. The summed E-state index contributed by atoms with van der Waals surface area (Å²) in [6, 6.07) is 2.30. The van der Waals surface area contributed by atoms with Gasteiger partial charge in [0.05, 0.1) is 23.7 Å². The minimum atomic E-state index is -4.62. The first-order valence-corrected chi connectivity index (χ1v) is 9.19. The Morgan fingerprint density at radius 3 is 2.65 bits per heavy atom. The van der Waals surface area contributed by atoms with Gasteiger partial charge in [-0.25, -0.2) is 15.1 Å². The zero-order valence-electron chi connectivity index (χ0n) is 15.6. The first kappa shape index (κ1) is 25.5. The summed E-state index contributed by atoms with van der Waals surface area (Å²) in [6.07, 6.45) is -1.26. The molecule has 2 rings (SSSR count). The third-order valence-corrected chi connectivity index (χ3v) is 4.19. The van der Waals surface area contributed by atoms with Crippen molar-refractivity contribution < 1.29 is 23.0 Å². The van der Waals surface area contributed by atoms with Gasteiger partial charge in [0.2, 0.25) is 0 Å². The second-order valence-electron chi connectivity index (χ2n) is 5.13. The summed E-state index contributed by atoms with van der Waals surface area (Å²) in [6.45, 7) is 0.0307. The molecule has 1 amide bonds. The molecular weight excluding hydrogens is 465 g/mol. The Labute approximate surface area is 182 Å². The second kappa shape index (κ2) is 12.2. The molecule has 16 heteroatoms. The number of hydrazone groups is 1. The summed E-state index contributed by atoms with van der Waals surface area (Å²) < 4.78 is 37.8. The minimum absolute atomic E-state index is 0.0875. The molecule has 0 saturated heterocycles. The number of pyridine rings is 1. The number of thiazole rings is 1. The zero-order chi connectivity index (χ0) is 23.4. The van der Waals surface area contributed by atoms with Gasteiger partial charge in [-0.3, -0.25) is 9.78 Å². The highest BCUT2D eigenvalue weighted by atomic mass is 35.5. The predicted octanol–water partition coefficient (Wildman–Crippen LogP) is 2.01. The van der Waals surface area contributed by atoms with Crippen molar-refractivity contribution in [3.05, 3.63) is 55.2 Å². The molecular formula is C15H14ClF3N8O3S. The molecule has 0 aliphatic rings. The van der Waals surface area contributed by atoms with E-state index in [1.807, 2.05) is 5.32 Å². The fourth-order valence-electron chi connectivity index (χ4n) is 1.83. The lowest BCUT2D eigenvalue weighted by molar-refractivity contribution is -0.485. The van der Waals surface area contributed by atoms with E-state index >= 15 is 0 Å². The van der Waals surface area contributed by atoms with Crippen molar-refractivity contribution in [3.63, 3.8) is 0 Å². The summed E-state index contributed by atoms with van der Waals surface area (Å²) in [4.78, 5) is 29.5. The monoisotopic (exact) mass is 478 g/mol. The van der Waals surface area contributed by atoms with Gasteiger partial charge in [0.25, 0.3) is 11.9 Å². The number of carbonyl (C=O) groups excluding carboxylic acids is 1. The summed E-state index contributed by atoms with van der Waals surface area (Å²) in [7, 11) is 1.54. The van der Waals surface area contributed by atoms with Crippen LogP contribution in [0.1, 0.15) is 20.8 Å². The van der Waals surface area contributed by atoms with Crippen molar-refractivity contribution in [1.29, 1.82) is 5.26 Å². The summed E-state index contributed by atoms with van der Waals surface area (Å²) >= 11 is 6.92. The second-order valence-corrected chi connectivity index (χ2v) is 6.83. The number of aromatic nitrogens is 2. The van der Waals surface area contributed by atoms with E-state index < -0.39 is 28.2 Å². The topological polar surface area (TPSA) is 158 Å². The van der Waals surface area contributed by atoms with E-state index in [1.54, 1.807) is 12.3 Å². The Kier molecular flexibility index (Phi) is 10.1. The molecule has 2 heterocycles. The van der Waals surface area contributed by atoms with E-state index in [2.05, 4.69) is 25.7 Å². The molecule has 0 spiro atoms. The number of carbonyl (C=O) groups is 1. The lowest BCUT2D eigenvalue weighted by Crippen LogP contribution is -2.34. The van der Waals surface area contributed by atoms with Crippen LogP contribution in [0.2, 0.25) is 4.47 Å². The third-order valence-electron chi connectivity index (χ3n) is 3.07. The lowest BCUT2D eigenvalue weighted by Gasteiger charge is -2.10. The van der Waals surface area contributed by atoms with Gasteiger partial charge in [0.1, 0.15) is 11.6 Å². The number of rotatable bonds is 5. The number of amides is 1. The zero-order valence-corrected chi connectivity index (χ0v) is 17.2. The summed E-state index contributed by atoms with van der Waals surface area (Å²) in [5, 5.41) is 27.9. The number of nitrogens with one attached hydrogen (secondary N) is 3. The molecule has 0 aliphatic carbocycles. The predicted molar refractivity (Wildman–Crippen MR) is 105 cm³/mol. The number of nitrogens with zero attached hydrogens (tertiary/aromatic N) is 5. The highest BCUT2D eigenvalue weighted by Crippen LogP contribution is 2.31. The van der Waals surface area contributed by atoms with Crippen LogP contribution < -0.4 is 16.0 Å². The molecule has 0 atom stereocenters. The van der Waals surface area contributed by atoms with Crippen molar-refractivity contribution in [2.24, 2.45) is 5.10 Å². The lowest BCUT2D eigenvalue weighted by atomic mass is 10.1. The van der Waals surface area contributed by atoms with Crippen LogP contribution in [0.5, 0.6) is 0 Å². The van der Waals surface area contributed by atoms with Gasteiger partial charge in [-0.1, -0.05) is 11.6 Å². The Bertz CT molecular complexity index is 977. The molecule has 0 unspecified atom stereocenters. The number of nitro groups is 1. The number of hydrogen-bond acceptors (Lipinski definition) is 7. The van der Waals surface area contributed by atoms with E-state index in [1.165, 1.54) is 18.4 Å². The van der Waals surface area contributed by atoms with Crippen molar-refractivity contribution >= 4 is 34.8 Å².